The second kappa shape index (κ2) is 9.20. The standard InChI is InChI=1S/C27H32N4O2/c1-20-17-23(22-8-2-3-9-24(22)29-20)26(32)30-15-11-27(33,12-16-30)19-31-14-5-4-10-25(31)21-7-6-13-28-18-21/h2-3,6-9,13,17-18,25,33H,4-5,10-12,14-16,19H2,1H3. The van der Waals surface area contributed by atoms with Crippen molar-refractivity contribution in [2.24, 2.45) is 0 Å². The average molecular weight is 445 g/mol. The summed E-state index contributed by atoms with van der Waals surface area (Å²) >= 11 is 0. The van der Waals surface area contributed by atoms with E-state index in [-0.39, 0.29) is 5.91 Å². The Labute approximate surface area is 195 Å². The third-order valence-corrected chi connectivity index (χ3v) is 7.24. The van der Waals surface area contributed by atoms with Gasteiger partial charge in [0, 0.05) is 49.1 Å². The van der Waals surface area contributed by atoms with Crippen LogP contribution in [0.2, 0.25) is 0 Å². The van der Waals surface area contributed by atoms with E-state index < -0.39 is 5.60 Å². The van der Waals surface area contributed by atoms with Crippen LogP contribution in [0.25, 0.3) is 10.9 Å². The first kappa shape index (κ1) is 22.0. The highest BCUT2D eigenvalue weighted by atomic mass is 16.3. The summed E-state index contributed by atoms with van der Waals surface area (Å²) < 4.78 is 0. The lowest BCUT2D eigenvalue weighted by Crippen LogP contribution is -2.53. The molecule has 1 unspecified atom stereocenters. The molecule has 0 aliphatic carbocycles. The number of para-hydroxylation sites is 1. The van der Waals surface area contributed by atoms with E-state index in [0.717, 1.165) is 36.0 Å². The number of hydrogen-bond donors (Lipinski definition) is 1. The number of rotatable bonds is 4. The number of carbonyl (C=O) groups excluding carboxylic acids is 1. The van der Waals surface area contributed by atoms with Gasteiger partial charge in [-0.3, -0.25) is 19.7 Å². The maximum atomic E-state index is 13.4. The number of fused-ring (bicyclic) bond motifs is 1. The summed E-state index contributed by atoms with van der Waals surface area (Å²) in [4.78, 5) is 26.6. The van der Waals surface area contributed by atoms with Crippen molar-refractivity contribution >= 4 is 16.8 Å². The van der Waals surface area contributed by atoms with Crippen molar-refractivity contribution in [1.29, 1.82) is 0 Å². The van der Waals surface area contributed by atoms with Crippen LogP contribution in [0.4, 0.5) is 0 Å². The van der Waals surface area contributed by atoms with Gasteiger partial charge >= 0.3 is 0 Å². The number of amides is 1. The number of benzene rings is 1. The molecule has 2 aliphatic heterocycles. The molecule has 6 heteroatoms. The van der Waals surface area contributed by atoms with Gasteiger partial charge in [-0.15, -0.1) is 0 Å². The molecule has 0 bridgehead atoms. The van der Waals surface area contributed by atoms with Gasteiger partial charge in [-0.05, 0) is 62.9 Å². The summed E-state index contributed by atoms with van der Waals surface area (Å²) in [5.74, 6) is 0.0324. The molecule has 1 amide bonds. The Bertz CT molecular complexity index is 1130. The Hall–Kier alpha value is -2.83. The molecule has 3 aromatic rings. The zero-order valence-corrected chi connectivity index (χ0v) is 19.3. The van der Waals surface area contributed by atoms with Gasteiger partial charge in [0.2, 0.25) is 0 Å². The van der Waals surface area contributed by atoms with Gasteiger partial charge in [0.1, 0.15) is 0 Å². The molecule has 1 aromatic carbocycles. The lowest BCUT2D eigenvalue weighted by molar-refractivity contribution is -0.0540. The number of nitrogens with zero attached hydrogens (tertiary/aromatic N) is 4. The van der Waals surface area contributed by atoms with Gasteiger partial charge in [-0.2, -0.15) is 0 Å². The maximum Gasteiger partial charge on any atom is 0.254 e. The lowest BCUT2D eigenvalue weighted by atomic mass is 9.87. The van der Waals surface area contributed by atoms with Crippen molar-refractivity contribution in [2.45, 2.75) is 50.7 Å². The summed E-state index contributed by atoms with van der Waals surface area (Å²) in [6.07, 6.45) is 8.41. The number of hydrogen-bond acceptors (Lipinski definition) is 5. The van der Waals surface area contributed by atoms with Crippen LogP contribution in [-0.4, -0.2) is 62.6 Å². The second-order valence-corrected chi connectivity index (χ2v) is 9.61. The molecule has 2 saturated heterocycles. The van der Waals surface area contributed by atoms with Crippen LogP contribution in [-0.2, 0) is 0 Å². The van der Waals surface area contributed by atoms with Gasteiger partial charge in [0.05, 0.1) is 16.7 Å². The SMILES string of the molecule is Cc1cc(C(=O)N2CCC(O)(CN3CCCCC3c3cccnc3)CC2)c2ccccc2n1. The molecular formula is C27H32N4O2. The number of pyridine rings is 2. The molecule has 33 heavy (non-hydrogen) atoms. The fourth-order valence-electron chi connectivity index (χ4n) is 5.45. The van der Waals surface area contributed by atoms with Crippen LogP contribution in [0, 0.1) is 6.92 Å². The predicted molar refractivity (Wildman–Crippen MR) is 129 cm³/mol. The normalized spacial score (nSPS) is 21.3. The Morgan fingerprint density at radius 3 is 2.73 bits per heavy atom. The highest BCUT2D eigenvalue weighted by Crippen LogP contribution is 2.34. The van der Waals surface area contributed by atoms with Crippen molar-refractivity contribution in [2.75, 3.05) is 26.2 Å². The zero-order chi connectivity index (χ0) is 22.8. The average Bonchev–Trinajstić information content (AvgIpc) is 2.84. The highest BCUT2D eigenvalue weighted by Gasteiger charge is 2.38. The van der Waals surface area contributed by atoms with Crippen molar-refractivity contribution in [1.82, 2.24) is 19.8 Å². The van der Waals surface area contributed by atoms with Crippen molar-refractivity contribution in [3.05, 3.63) is 71.7 Å². The second-order valence-electron chi connectivity index (χ2n) is 9.61. The van der Waals surface area contributed by atoms with Crippen molar-refractivity contribution in [3.63, 3.8) is 0 Å². The summed E-state index contributed by atoms with van der Waals surface area (Å²) in [7, 11) is 0. The summed E-state index contributed by atoms with van der Waals surface area (Å²) in [6.45, 7) is 4.70. The fourth-order valence-corrected chi connectivity index (χ4v) is 5.45. The molecule has 1 N–H and O–H groups in total. The first-order valence-corrected chi connectivity index (χ1v) is 12.0. The Morgan fingerprint density at radius 1 is 1.12 bits per heavy atom. The van der Waals surface area contributed by atoms with Crippen molar-refractivity contribution < 1.29 is 9.90 Å². The van der Waals surface area contributed by atoms with Gasteiger partial charge in [0.25, 0.3) is 5.91 Å². The number of aromatic nitrogens is 2. The summed E-state index contributed by atoms with van der Waals surface area (Å²) in [6, 6.07) is 14.1. The minimum Gasteiger partial charge on any atom is -0.388 e. The van der Waals surface area contributed by atoms with Crippen LogP contribution in [0.1, 0.15) is 59.8 Å². The smallest absolute Gasteiger partial charge is 0.254 e. The first-order valence-electron chi connectivity index (χ1n) is 12.0. The highest BCUT2D eigenvalue weighted by molar-refractivity contribution is 6.06. The minimum absolute atomic E-state index is 0.0324. The van der Waals surface area contributed by atoms with E-state index in [1.54, 1.807) is 0 Å². The largest absolute Gasteiger partial charge is 0.388 e. The monoisotopic (exact) mass is 444 g/mol. The van der Waals surface area contributed by atoms with E-state index in [0.29, 0.717) is 44.1 Å². The maximum absolute atomic E-state index is 13.4. The molecule has 0 radical (unpaired) electrons. The fraction of sp³-hybridized carbons (Fsp3) is 0.444. The third-order valence-electron chi connectivity index (χ3n) is 7.24. The molecule has 5 rings (SSSR count). The van der Waals surface area contributed by atoms with E-state index in [1.165, 1.54) is 12.0 Å². The van der Waals surface area contributed by atoms with E-state index in [9.17, 15) is 9.90 Å². The topological polar surface area (TPSA) is 69.6 Å². The molecule has 2 aliphatic rings. The Balaban J connectivity index is 1.28. The molecule has 2 aromatic heterocycles. The molecule has 1 atom stereocenters. The van der Waals surface area contributed by atoms with Crippen LogP contribution in [0.5, 0.6) is 0 Å². The number of piperidine rings is 2. The number of β-amino-alcohol motifs (C(OH)–C–C–N with tert-alkyl or cyclic N) is 1. The predicted octanol–water partition coefficient (Wildman–Crippen LogP) is 4.13. The van der Waals surface area contributed by atoms with Gasteiger partial charge in [-0.1, -0.05) is 30.7 Å². The van der Waals surface area contributed by atoms with E-state index in [1.807, 2.05) is 60.6 Å². The Kier molecular flexibility index (Phi) is 6.13. The molecule has 2 fully saturated rings. The molecule has 4 heterocycles. The zero-order valence-electron chi connectivity index (χ0n) is 19.3. The number of aliphatic hydroxyl groups is 1. The Morgan fingerprint density at radius 2 is 1.94 bits per heavy atom. The summed E-state index contributed by atoms with van der Waals surface area (Å²) in [5, 5.41) is 12.4. The molecule has 0 saturated carbocycles. The van der Waals surface area contributed by atoms with Gasteiger partial charge in [0.15, 0.2) is 0 Å². The first-order chi connectivity index (χ1) is 16.0. The van der Waals surface area contributed by atoms with E-state index >= 15 is 0 Å². The van der Waals surface area contributed by atoms with Crippen LogP contribution in [0.3, 0.4) is 0 Å². The van der Waals surface area contributed by atoms with E-state index in [2.05, 4.69) is 20.9 Å². The van der Waals surface area contributed by atoms with Gasteiger partial charge < -0.3 is 10.0 Å². The quantitative estimate of drug-likeness (QED) is 0.655. The number of likely N-dealkylation sites (tertiary alicyclic amines) is 2. The minimum atomic E-state index is -0.773. The van der Waals surface area contributed by atoms with Crippen LogP contribution in [0.15, 0.2) is 54.9 Å². The summed E-state index contributed by atoms with van der Waals surface area (Å²) in [5.41, 5.74) is 2.85. The molecular weight excluding hydrogens is 412 g/mol. The lowest BCUT2D eigenvalue weighted by Gasteiger charge is -2.44. The van der Waals surface area contributed by atoms with Gasteiger partial charge in [-0.25, -0.2) is 0 Å². The molecule has 172 valence electrons. The molecule has 6 nitrogen and oxygen atoms in total. The van der Waals surface area contributed by atoms with E-state index in [4.69, 9.17) is 0 Å². The van der Waals surface area contributed by atoms with Crippen LogP contribution >= 0.6 is 0 Å². The van der Waals surface area contributed by atoms with Crippen LogP contribution < -0.4 is 0 Å². The molecule has 0 spiro atoms. The van der Waals surface area contributed by atoms with Crippen molar-refractivity contribution in [3.8, 4) is 0 Å². The number of aryl methyl sites for hydroxylation is 1. The number of carbonyl (C=O) groups is 1. The third kappa shape index (κ3) is 4.63.